The van der Waals surface area contributed by atoms with Gasteiger partial charge in [0.2, 0.25) is 0 Å². The SMILES string of the molecule is CC(C)c1csc(C(O)C(C)Nc2ccc(C3CCCCC3)cc2)c1. The van der Waals surface area contributed by atoms with Gasteiger partial charge in [0.1, 0.15) is 6.10 Å². The second kappa shape index (κ2) is 8.37. The van der Waals surface area contributed by atoms with Crippen LogP contribution in [-0.4, -0.2) is 11.1 Å². The van der Waals surface area contributed by atoms with Gasteiger partial charge in [0, 0.05) is 10.6 Å². The summed E-state index contributed by atoms with van der Waals surface area (Å²) in [4.78, 5) is 1.04. The number of nitrogens with one attached hydrogen (secondary N) is 1. The van der Waals surface area contributed by atoms with Crippen LogP contribution in [0.15, 0.2) is 35.7 Å². The Bertz CT molecular complexity index is 655. The van der Waals surface area contributed by atoms with E-state index >= 15 is 0 Å². The molecule has 0 bridgehead atoms. The van der Waals surface area contributed by atoms with Crippen LogP contribution in [0.3, 0.4) is 0 Å². The van der Waals surface area contributed by atoms with Crippen LogP contribution in [0.25, 0.3) is 0 Å². The van der Waals surface area contributed by atoms with Crippen LogP contribution < -0.4 is 5.32 Å². The fraction of sp³-hybridized carbons (Fsp3) is 0.545. The number of thiophene rings is 1. The van der Waals surface area contributed by atoms with Crippen molar-refractivity contribution in [2.45, 2.75) is 76.9 Å². The summed E-state index contributed by atoms with van der Waals surface area (Å²) < 4.78 is 0. The van der Waals surface area contributed by atoms with Crippen molar-refractivity contribution < 1.29 is 5.11 Å². The van der Waals surface area contributed by atoms with Crippen LogP contribution in [0.2, 0.25) is 0 Å². The highest BCUT2D eigenvalue weighted by molar-refractivity contribution is 7.10. The van der Waals surface area contributed by atoms with Gasteiger partial charge in [-0.05, 0) is 66.3 Å². The Labute approximate surface area is 156 Å². The molecule has 0 aliphatic heterocycles. The number of hydrogen-bond donors (Lipinski definition) is 2. The van der Waals surface area contributed by atoms with Gasteiger partial charge in [-0.25, -0.2) is 0 Å². The average molecular weight is 358 g/mol. The quantitative estimate of drug-likeness (QED) is 0.622. The molecular weight excluding hydrogens is 326 g/mol. The molecule has 1 aliphatic carbocycles. The number of benzene rings is 1. The summed E-state index contributed by atoms with van der Waals surface area (Å²) in [5, 5.41) is 16.3. The summed E-state index contributed by atoms with van der Waals surface area (Å²) in [7, 11) is 0. The largest absolute Gasteiger partial charge is 0.385 e. The van der Waals surface area contributed by atoms with Gasteiger partial charge in [-0.1, -0.05) is 45.2 Å². The third kappa shape index (κ3) is 4.65. The van der Waals surface area contributed by atoms with Crippen molar-refractivity contribution in [1.82, 2.24) is 0 Å². The maximum Gasteiger partial charge on any atom is 0.108 e. The Balaban J connectivity index is 1.60. The Morgan fingerprint density at radius 3 is 2.32 bits per heavy atom. The van der Waals surface area contributed by atoms with E-state index in [0.717, 1.165) is 16.5 Å². The molecule has 3 rings (SSSR count). The Morgan fingerprint density at radius 2 is 1.72 bits per heavy atom. The zero-order chi connectivity index (χ0) is 17.8. The minimum absolute atomic E-state index is 0.0146. The molecule has 2 nitrogen and oxygen atoms in total. The van der Waals surface area contributed by atoms with E-state index < -0.39 is 6.10 Å². The van der Waals surface area contributed by atoms with Gasteiger partial charge in [0.25, 0.3) is 0 Å². The lowest BCUT2D eigenvalue weighted by Crippen LogP contribution is -2.23. The van der Waals surface area contributed by atoms with Crippen LogP contribution in [0, 0.1) is 0 Å². The summed E-state index contributed by atoms with van der Waals surface area (Å²) in [6.45, 7) is 6.43. The lowest BCUT2D eigenvalue weighted by molar-refractivity contribution is 0.164. The number of anilines is 1. The van der Waals surface area contributed by atoms with Gasteiger partial charge in [-0.15, -0.1) is 11.3 Å². The fourth-order valence-electron chi connectivity index (χ4n) is 3.70. The molecule has 2 N–H and O–H groups in total. The minimum Gasteiger partial charge on any atom is -0.385 e. The topological polar surface area (TPSA) is 32.3 Å². The van der Waals surface area contributed by atoms with Crippen LogP contribution in [0.4, 0.5) is 5.69 Å². The van der Waals surface area contributed by atoms with Crippen LogP contribution in [0.5, 0.6) is 0 Å². The highest BCUT2D eigenvalue weighted by Gasteiger charge is 2.19. The molecule has 25 heavy (non-hydrogen) atoms. The first-order valence-corrected chi connectivity index (χ1v) is 10.6. The van der Waals surface area contributed by atoms with Crippen molar-refractivity contribution in [1.29, 1.82) is 0 Å². The molecule has 1 heterocycles. The number of aliphatic hydroxyl groups is 1. The maximum absolute atomic E-state index is 10.7. The van der Waals surface area contributed by atoms with E-state index in [4.69, 9.17) is 0 Å². The smallest absolute Gasteiger partial charge is 0.108 e. The van der Waals surface area contributed by atoms with Gasteiger partial charge < -0.3 is 10.4 Å². The molecule has 1 aromatic heterocycles. The molecule has 2 aromatic rings. The van der Waals surface area contributed by atoms with Crippen molar-refractivity contribution in [2.75, 3.05) is 5.32 Å². The highest BCUT2D eigenvalue weighted by atomic mass is 32.1. The zero-order valence-corrected chi connectivity index (χ0v) is 16.5. The monoisotopic (exact) mass is 357 g/mol. The van der Waals surface area contributed by atoms with Gasteiger partial charge in [0.15, 0.2) is 0 Å². The maximum atomic E-state index is 10.7. The first-order valence-electron chi connectivity index (χ1n) is 9.67. The Morgan fingerprint density at radius 1 is 1.04 bits per heavy atom. The van der Waals surface area contributed by atoms with Crippen LogP contribution >= 0.6 is 11.3 Å². The van der Waals surface area contributed by atoms with E-state index in [-0.39, 0.29) is 6.04 Å². The third-order valence-corrected chi connectivity index (χ3v) is 6.47. The van der Waals surface area contributed by atoms with Crippen molar-refractivity contribution in [2.24, 2.45) is 0 Å². The predicted molar refractivity (Wildman–Crippen MR) is 109 cm³/mol. The predicted octanol–water partition coefficient (Wildman–Crippen LogP) is 6.45. The first-order chi connectivity index (χ1) is 12.0. The standard InChI is InChI=1S/C22H31NOS/c1-15(2)19-13-21(25-14-19)22(24)16(3)23-20-11-9-18(10-12-20)17-7-5-4-6-8-17/h9-17,22-24H,4-8H2,1-3H3. The normalized spacial score (nSPS) is 18.3. The molecule has 1 fully saturated rings. The highest BCUT2D eigenvalue weighted by Crippen LogP contribution is 2.33. The van der Waals surface area contributed by atoms with Crippen molar-refractivity contribution in [3.8, 4) is 0 Å². The van der Waals surface area contributed by atoms with Crippen molar-refractivity contribution in [3.63, 3.8) is 0 Å². The molecule has 2 atom stereocenters. The molecule has 2 unspecified atom stereocenters. The van der Waals surface area contributed by atoms with Gasteiger partial charge >= 0.3 is 0 Å². The third-order valence-electron chi connectivity index (χ3n) is 5.45. The van der Waals surface area contributed by atoms with E-state index in [2.05, 4.69) is 61.8 Å². The molecule has 136 valence electrons. The molecule has 3 heteroatoms. The van der Waals surface area contributed by atoms with Gasteiger partial charge in [-0.2, -0.15) is 0 Å². The van der Waals surface area contributed by atoms with E-state index in [1.807, 2.05) is 0 Å². The number of hydrogen-bond acceptors (Lipinski definition) is 3. The molecule has 1 aromatic carbocycles. The second-order valence-electron chi connectivity index (χ2n) is 7.77. The lowest BCUT2D eigenvalue weighted by atomic mass is 9.84. The molecule has 1 aliphatic rings. The molecular formula is C22H31NOS. The summed E-state index contributed by atoms with van der Waals surface area (Å²) >= 11 is 1.66. The lowest BCUT2D eigenvalue weighted by Gasteiger charge is -2.23. The van der Waals surface area contributed by atoms with Gasteiger partial charge in [0.05, 0.1) is 6.04 Å². The fourth-order valence-corrected chi connectivity index (χ4v) is 4.86. The molecule has 0 spiro atoms. The van der Waals surface area contributed by atoms with Crippen molar-refractivity contribution >= 4 is 17.0 Å². The second-order valence-corrected chi connectivity index (χ2v) is 8.71. The summed E-state index contributed by atoms with van der Waals surface area (Å²) in [5.41, 5.74) is 3.87. The summed E-state index contributed by atoms with van der Waals surface area (Å²) in [6, 6.07) is 11.0. The Kier molecular flexibility index (Phi) is 6.19. The number of aliphatic hydroxyl groups excluding tert-OH is 1. The zero-order valence-electron chi connectivity index (χ0n) is 15.7. The Hall–Kier alpha value is -1.32. The first kappa shape index (κ1) is 18.5. The molecule has 0 radical (unpaired) electrons. The van der Waals surface area contributed by atoms with Gasteiger partial charge in [-0.3, -0.25) is 0 Å². The van der Waals surface area contributed by atoms with Crippen LogP contribution in [-0.2, 0) is 0 Å². The van der Waals surface area contributed by atoms with Crippen LogP contribution in [0.1, 0.15) is 86.8 Å². The van der Waals surface area contributed by atoms with E-state index in [1.165, 1.54) is 43.2 Å². The average Bonchev–Trinajstić information content (AvgIpc) is 3.13. The summed E-state index contributed by atoms with van der Waals surface area (Å²) in [6.07, 6.45) is 6.32. The van der Waals surface area contributed by atoms with E-state index in [1.54, 1.807) is 11.3 Å². The summed E-state index contributed by atoms with van der Waals surface area (Å²) in [5.74, 6) is 1.25. The van der Waals surface area contributed by atoms with E-state index in [9.17, 15) is 5.11 Å². The number of rotatable bonds is 6. The molecule has 1 saturated carbocycles. The molecule has 0 amide bonds. The van der Waals surface area contributed by atoms with Crippen molar-refractivity contribution in [3.05, 3.63) is 51.7 Å². The van der Waals surface area contributed by atoms with E-state index in [0.29, 0.717) is 5.92 Å². The molecule has 0 saturated heterocycles. The minimum atomic E-state index is -0.476.